The monoisotopic (exact) mass is 369 g/mol. The number of nitrogens with zero attached hydrogens (tertiary/aromatic N) is 1. The fourth-order valence-corrected chi connectivity index (χ4v) is 2.67. The molecule has 0 unspecified atom stereocenters. The second-order valence-electron chi connectivity index (χ2n) is 4.93. The third kappa shape index (κ3) is 2.27. The van der Waals surface area contributed by atoms with E-state index in [-0.39, 0.29) is 17.4 Å². The Labute approximate surface area is 139 Å². The molecular formula is C17H8BrNO4. The lowest BCUT2D eigenvalue weighted by atomic mass is 10.1. The van der Waals surface area contributed by atoms with Crippen molar-refractivity contribution in [1.82, 2.24) is 0 Å². The van der Waals surface area contributed by atoms with Crippen LogP contribution in [0.1, 0.15) is 21.5 Å². The van der Waals surface area contributed by atoms with Crippen molar-refractivity contribution in [1.29, 1.82) is 0 Å². The molecule has 0 atom stereocenters. The first-order valence-electron chi connectivity index (χ1n) is 6.76. The molecule has 4 rings (SSSR count). The second-order valence-corrected chi connectivity index (χ2v) is 5.84. The molecule has 2 aliphatic heterocycles. The number of carbonyl (C=O) groups excluding carboxylic acids is 2. The number of benzene rings is 2. The zero-order valence-electron chi connectivity index (χ0n) is 11.6. The molecule has 23 heavy (non-hydrogen) atoms. The van der Waals surface area contributed by atoms with E-state index in [1.54, 1.807) is 36.4 Å². The molecule has 5 nitrogen and oxygen atoms in total. The molecule has 2 aromatic rings. The van der Waals surface area contributed by atoms with E-state index in [4.69, 9.17) is 9.47 Å². The van der Waals surface area contributed by atoms with Gasteiger partial charge in [0.05, 0.1) is 5.56 Å². The summed E-state index contributed by atoms with van der Waals surface area (Å²) in [5, 5.41) is 0. The highest BCUT2D eigenvalue weighted by molar-refractivity contribution is 9.10. The van der Waals surface area contributed by atoms with E-state index in [1.807, 2.05) is 12.1 Å². The van der Waals surface area contributed by atoms with Crippen molar-refractivity contribution < 1.29 is 19.1 Å². The summed E-state index contributed by atoms with van der Waals surface area (Å²) in [5.74, 6) is -0.807. The first-order valence-corrected chi connectivity index (χ1v) is 7.55. The fraction of sp³-hybridized carbons (Fsp3) is 0. The Hall–Kier alpha value is -2.73. The molecule has 6 heteroatoms. The van der Waals surface area contributed by atoms with Gasteiger partial charge in [-0.2, -0.15) is 0 Å². The number of esters is 2. The Bertz CT molecular complexity index is 912. The highest BCUT2D eigenvalue weighted by Crippen LogP contribution is 2.34. The van der Waals surface area contributed by atoms with Crippen LogP contribution in [0.2, 0.25) is 0 Å². The van der Waals surface area contributed by atoms with Gasteiger partial charge in [-0.05, 0) is 30.3 Å². The number of fused-ring (bicyclic) bond motifs is 1. The van der Waals surface area contributed by atoms with Gasteiger partial charge in [-0.1, -0.05) is 34.1 Å². The molecule has 0 aliphatic carbocycles. The predicted octanol–water partition coefficient (Wildman–Crippen LogP) is 3.29. The summed E-state index contributed by atoms with van der Waals surface area (Å²) in [5.41, 5.74) is 1.62. The number of halogens is 1. The number of ether oxygens (including phenoxy) is 2. The van der Waals surface area contributed by atoms with Crippen molar-refractivity contribution >= 4 is 39.5 Å². The maximum atomic E-state index is 12.1. The molecule has 0 radical (unpaired) electrons. The molecule has 2 heterocycles. The molecule has 0 amide bonds. The number of aliphatic imine (C=N–C) groups is 1. The largest absolute Gasteiger partial charge is 0.420 e. The Balaban J connectivity index is 1.82. The van der Waals surface area contributed by atoms with Gasteiger partial charge in [-0.3, -0.25) is 0 Å². The quantitative estimate of drug-likeness (QED) is 0.571. The predicted molar refractivity (Wildman–Crippen MR) is 85.5 cm³/mol. The average molecular weight is 370 g/mol. The molecule has 2 aliphatic rings. The standard InChI is InChI=1S/C17H8BrNO4/c18-10-7-5-9(6-8-10)15-19-13(17(21)23-15)14-11-3-1-2-4-12(11)16(20)22-14/h1-8H/b14-13+. The van der Waals surface area contributed by atoms with Gasteiger partial charge in [0.15, 0.2) is 11.5 Å². The van der Waals surface area contributed by atoms with E-state index in [9.17, 15) is 9.59 Å². The number of hydrogen-bond donors (Lipinski definition) is 0. The Morgan fingerprint density at radius 2 is 1.52 bits per heavy atom. The molecule has 112 valence electrons. The molecule has 0 saturated heterocycles. The van der Waals surface area contributed by atoms with Crippen LogP contribution in [0.25, 0.3) is 5.76 Å². The van der Waals surface area contributed by atoms with Crippen molar-refractivity contribution in [3.8, 4) is 0 Å². The molecular weight excluding hydrogens is 362 g/mol. The van der Waals surface area contributed by atoms with Crippen molar-refractivity contribution in [3.05, 3.63) is 75.4 Å². The van der Waals surface area contributed by atoms with E-state index in [2.05, 4.69) is 20.9 Å². The van der Waals surface area contributed by atoms with E-state index < -0.39 is 11.9 Å². The molecule has 0 spiro atoms. The smallest absolute Gasteiger partial charge is 0.367 e. The van der Waals surface area contributed by atoms with Gasteiger partial charge in [-0.25, -0.2) is 14.6 Å². The summed E-state index contributed by atoms with van der Waals surface area (Å²) in [6.45, 7) is 0. The van der Waals surface area contributed by atoms with Crippen LogP contribution in [0.5, 0.6) is 0 Å². The minimum Gasteiger partial charge on any atom is -0.420 e. The van der Waals surface area contributed by atoms with Crippen LogP contribution in [0.4, 0.5) is 0 Å². The van der Waals surface area contributed by atoms with Gasteiger partial charge in [0, 0.05) is 15.6 Å². The Kier molecular flexibility index (Phi) is 3.12. The van der Waals surface area contributed by atoms with Crippen LogP contribution in [0.3, 0.4) is 0 Å². The van der Waals surface area contributed by atoms with Gasteiger partial charge in [0.2, 0.25) is 5.90 Å². The van der Waals surface area contributed by atoms with E-state index in [1.165, 1.54) is 0 Å². The van der Waals surface area contributed by atoms with E-state index >= 15 is 0 Å². The summed E-state index contributed by atoms with van der Waals surface area (Å²) in [7, 11) is 0. The second kappa shape index (κ2) is 5.17. The number of rotatable bonds is 1. The van der Waals surface area contributed by atoms with Crippen molar-refractivity contribution in [3.63, 3.8) is 0 Å². The maximum Gasteiger partial charge on any atom is 0.367 e. The molecule has 0 fully saturated rings. The third-order valence-electron chi connectivity index (χ3n) is 3.49. The molecule has 0 saturated carbocycles. The number of cyclic esters (lactones) is 2. The SMILES string of the molecule is O=C1OC(c2ccc(Br)cc2)=N/C1=C1/OC(=O)c2ccccc21. The molecule has 2 aromatic carbocycles. The zero-order chi connectivity index (χ0) is 16.0. The van der Waals surface area contributed by atoms with Crippen LogP contribution in [-0.4, -0.2) is 17.8 Å². The lowest BCUT2D eigenvalue weighted by Crippen LogP contribution is -2.06. The van der Waals surface area contributed by atoms with Gasteiger partial charge in [-0.15, -0.1) is 0 Å². The highest BCUT2D eigenvalue weighted by atomic mass is 79.9. The molecule has 0 aromatic heterocycles. The molecule has 0 bridgehead atoms. The number of carbonyl (C=O) groups is 2. The van der Waals surface area contributed by atoms with Crippen molar-refractivity contribution in [2.24, 2.45) is 4.99 Å². The third-order valence-corrected chi connectivity index (χ3v) is 4.02. The topological polar surface area (TPSA) is 65.0 Å². The lowest BCUT2D eigenvalue weighted by molar-refractivity contribution is -0.130. The van der Waals surface area contributed by atoms with Crippen LogP contribution in [0, 0.1) is 0 Å². The molecule has 0 N–H and O–H groups in total. The normalized spacial score (nSPS) is 19.3. The average Bonchev–Trinajstić information content (AvgIpc) is 3.09. The minimum atomic E-state index is -0.637. The van der Waals surface area contributed by atoms with E-state index in [0.29, 0.717) is 16.7 Å². The van der Waals surface area contributed by atoms with Gasteiger partial charge >= 0.3 is 11.9 Å². The maximum absolute atomic E-state index is 12.1. The van der Waals surface area contributed by atoms with Gasteiger partial charge in [0.1, 0.15) is 0 Å². The fourth-order valence-electron chi connectivity index (χ4n) is 2.40. The van der Waals surface area contributed by atoms with Crippen LogP contribution in [-0.2, 0) is 14.3 Å². The lowest BCUT2D eigenvalue weighted by Gasteiger charge is -1.99. The summed E-state index contributed by atoms with van der Waals surface area (Å²) in [4.78, 5) is 28.2. The van der Waals surface area contributed by atoms with Crippen molar-refractivity contribution in [2.75, 3.05) is 0 Å². The van der Waals surface area contributed by atoms with Crippen LogP contribution >= 0.6 is 15.9 Å². The minimum absolute atomic E-state index is 0.00113. The van der Waals surface area contributed by atoms with Crippen LogP contribution in [0.15, 0.2) is 63.7 Å². The van der Waals surface area contributed by atoms with Crippen molar-refractivity contribution in [2.45, 2.75) is 0 Å². The first-order chi connectivity index (χ1) is 11.1. The van der Waals surface area contributed by atoms with E-state index in [0.717, 1.165) is 4.47 Å². The summed E-state index contributed by atoms with van der Waals surface area (Å²) < 4.78 is 11.3. The summed E-state index contributed by atoms with van der Waals surface area (Å²) in [6, 6.07) is 14.0. The summed E-state index contributed by atoms with van der Waals surface area (Å²) >= 11 is 3.34. The van der Waals surface area contributed by atoms with Gasteiger partial charge in [0.25, 0.3) is 0 Å². The Morgan fingerprint density at radius 3 is 2.26 bits per heavy atom. The highest BCUT2D eigenvalue weighted by Gasteiger charge is 2.35. The summed E-state index contributed by atoms with van der Waals surface area (Å²) in [6.07, 6.45) is 0. The zero-order valence-corrected chi connectivity index (χ0v) is 13.2. The number of hydrogen-bond acceptors (Lipinski definition) is 5. The Morgan fingerprint density at radius 1 is 0.826 bits per heavy atom. The first kappa shape index (κ1) is 13.9. The van der Waals surface area contributed by atoms with Gasteiger partial charge < -0.3 is 9.47 Å². The van der Waals surface area contributed by atoms with Crippen LogP contribution < -0.4 is 0 Å².